The molecule has 1 fully saturated rings. The van der Waals surface area contributed by atoms with Crippen molar-refractivity contribution in [2.24, 2.45) is 0 Å². The molecule has 1 aliphatic carbocycles. The number of hydrogen-bond acceptors (Lipinski definition) is 3. The van der Waals surface area contributed by atoms with E-state index in [2.05, 4.69) is 27.6 Å². The van der Waals surface area contributed by atoms with Gasteiger partial charge in [-0.25, -0.2) is 4.98 Å². The highest BCUT2D eigenvalue weighted by Crippen LogP contribution is 2.27. The first-order chi connectivity index (χ1) is 5.75. The van der Waals surface area contributed by atoms with Crippen LogP contribution in [0.25, 0.3) is 0 Å². The molecule has 0 unspecified atom stereocenters. The van der Waals surface area contributed by atoms with Gasteiger partial charge in [0.1, 0.15) is 11.6 Å². The molecule has 0 atom stereocenters. The van der Waals surface area contributed by atoms with Crippen molar-refractivity contribution < 1.29 is 4.74 Å². The molecule has 1 aromatic heterocycles. The van der Waals surface area contributed by atoms with Crippen LogP contribution in [0.5, 0.6) is 5.75 Å². The maximum Gasteiger partial charge on any atom is 0.139 e. The number of rotatable bonds is 2. The Morgan fingerprint density at radius 1 is 1.58 bits per heavy atom. The monoisotopic (exact) mass is 276 g/mol. The fourth-order valence-corrected chi connectivity index (χ4v) is 1.32. The number of nitrogen functional groups attached to an aromatic ring is 1. The van der Waals surface area contributed by atoms with Gasteiger partial charge in [-0.1, -0.05) is 0 Å². The van der Waals surface area contributed by atoms with E-state index in [0.717, 1.165) is 9.32 Å². The van der Waals surface area contributed by atoms with E-state index < -0.39 is 0 Å². The zero-order chi connectivity index (χ0) is 8.55. The van der Waals surface area contributed by atoms with E-state index >= 15 is 0 Å². The van der Waals surface area contributed by atoms with Crippen molar-refractivity contribution in [3.8, 4) is 5.75 Å². The Bertz CT molecular complexity index is 299. The van der Waals surface area contributed by atoms with Crippen molar-refractivity contribution in [3.63, 3.8) is 0 Å². The number of anilines is 1. The van der Waals surface area contributed by atoms with Gasteiger partial charge >= 0.3 is 0 Å². The molecule has 1 aromatic rings. The van der Waals surface area contributed by atoms with Gasteiger partial charge in [-0.3, -0.25) is 0 Å². The lowest BCUT2D eigenvalue weighted by Gasteiger charge is -2.04. The fourth-order valence-electron chi connectivity index (χ4n) is 0.874. The van der Waals surface area contributed by atoms with Gasteiger partial charge in [0.2, 0.25) is 0 Å². The van der Waals surface area contributed by atoms with E-state index in [9.17, 15) is 0 Å². The Labute approximate surface area is 84.5 Å². The lowest BCUT2D eigenvalue weighted by molar-refractivity contribution is 0.302. The molecular formula is C8H9IN2O. The molecular weight excluding hydrogens is 267 g/mol. The maximum atomic E-state index is 5.56. The van der Waals surface area contributed by atoms with Gasteiger partial charge in [0.25, 0.3) is 0 Å². The third kappa shape index (κ3) is 1.80. The zero-order valence-electron chi connectivity index (χ0n) is 6.46. The standard InChI is InChI=1S/C8H9IN2O/c9-7-3-6(4-11-8(7)10)12-5-1-2-5/h3-5H,1-2H2,(H2,10,11). The molecule has 12 heavy (non-hydrogen) atoms. The van der Waals surface area contributed by atoms with Crippen LogP contribution in [0.15, 0.2) is 12.3 Å². The highest BCUT2D eigenvalue weighted by molar-refractivity contribution is 14.1. The number of aromatic nitrogens is 1. The quantitative estimate of drug-likeness (QED) is 0.838. The van der Waals surface area contributed by atoms with Crippen molar-refractivity contribution in [2.45, 2.75) is 18.9 Å². The van der Waals surface area contributed by atoms with Crippen molar-refractivity contribution >= 4 is 28.4 Å². The third-order valence-electron chi connectivity index (χ3n) is 1.67. The number of ether oxygens (including phenoxy) is 1. The first-order valence-electron chi connectivity index (χ1n) is 3.83. The van der Waals surface area contributed by atoms with E-state index in [1.54, 1.807) is 6.20 Å². The summed E-state index contributed by atoms with van der Waals surface area (Å²) in [6, 6.07) is 1.92. The summed E-state index contributed by atoms with van der Waals surface area (Å²) in [4.78, 5) is 4.00. The summed E-state index contributed by atoms with van der Waals surface area (Å²) in [5, 5.41) is 0. The highest BCUT2D eigenvalue weighted by Gasteiger charge is 2.23. The van der Waals surface area contributed by atoms with E-state index in [1.165, 1.54) is 12.8 Å². The fraction of sp³-hybridized carbons (Fsp3) is 0.375. The second kappa shape index (κ2) is 3.08. The molecule has 1 aliphatic rings. The lowest BCUT2D eigenvalue weighted by atomic mass is 10.4. The summed E-state index contributed by atoms with van der Waals surface area (Å²) in [6.07, 6.45) is 4.43. The Hall–Kier alpha value is -0.520. The van der Waals surface area contributed by atoms with E-state index in [4.69, 9.17) is 10.5 Å². The van der Waals surface area contributed by atoms with Crippen LogP contribution >= 0.6 is 22.6 Å². The van der Waals surface area contributed by atoms with Crippen LogP contribution in [0.4, 0.5) is 5.82 Å². The number of halogens is 1. The van der Waals surface area contributed by atoms with E-state index in [0.29, 0.717) is 11.9 Å². The summed E-state index contributed by atoms with van der Waals surface area (Å²) in [6.45, 7) is 0. The lowest BCUT2D eigenvalue weighted by Crippen LogP contribution is -1.99. The molecule has 2 N–H and O–H groups in total. The van der Waals surface area contributed by atoms with Crippen LogP contribution in [0.2, 0.25) is 0 Å². The smallest absolute Gasteiger partial charge is 0.139 e. The van der Waals surface area contributed by atoms with E-state index in [-0.39, 0.29) is 0 Å². The largest absolute Gasteiger partial charge is 0.489 e. The molecule has 4 heteroatoms. The molecule has 0 amide bonds. The van der Waals surface area contributed by atoms with Gasteiger partial charge in [0.15, 0.2) is 0 Å². The summed E-state index contributed by atoms with van der Waals surface area (Å²) in [5.74, 6) is 1.40. The van der Waals surface area contributed by atoms with Crippen molar-refractivity contribution in [1.29, 1.82) is 0 Å². The summed E-state index contributed by atoms with van der Waals surface area (Å²) in [5.41, 5.74) is 5.56. The van der Waals surface area contributed by atoms with Crippen molar-refractivity contribution in [3.05, 3.63) is 15.8 Å². The topological polar surface area (TPSA) is 48.1 Å². The second-order valence-electron chi connectivity index (χ2n) is 2.86. The average molecular weight is 276 g/mol. The van der Waals surface area contributed by atoms with Crippen LogP contribution in [0, 0.1) is 3.57 Å². The van der Waals surface area contributed by atoms with Gasteiger partial charge in [-0.2, -0.15) is 0 Å². The van der Waals surface area contributed by atoms with Crippen LogP contribution in [-0.2, 0) is 0 Å². The minimum Gasteiger partial charge on any atom is -0.489 e. The molecule has 0 saturated heterocycles. The molecule has 1 heterocycles. The molecule has 0 bridgehead atoms. The average Bonchev–Trinajstić information content (AvgIpc) is 2.81. The molecule has 1 saturated carbocycles. The second-order valence-corrected chi connectivity index (χ2v) is 4.02. The van der Waals surface area contributed by atoms with Crippen LogP contribution in [-0.4, -0.2) is 11.1 Å². The van der Waals surface area contributed by atoms with Crippen molar-refractivity contribution in [2.75, 3.05) is 5.73 Å². The molecule has 0 aromatic carbocycles. The van der Waals surface area contributed by atoms with Crippen LogP contribution in [0.1, 0.15) is 12.8 Å². The maximum absolute atomic E-state index is 5.56. The number of nitrogens with two attached hydrogens (primary N) is 1. The highest BCUT2D eigenvalue weighted by atomic mass is 127. The number of pyridine rings is 1. The first kappa shape index (κ1) is 8.10. The van der Waals surface area contributed by atoms with Gasteiger partial charge < -0.3 is 10.5 Å². The van der Waals surface area contributed by atoms with Gasteiger partial charge in [0, 0.05) is 0 Å². The van der Waals surface area contributed by atoms with E-state index in [1.807, 2.05) is 6.07 Å². The molecule has 2 rings (SSSR count). The van der Waals surface area contributed by atoms with Gasteiger partial charge in [-0.15, -0.1) is 0 Å². The van der Waals surface area contributed by atoms with Gasteiger partial charge in [-0.05, 0) is 41.5 Å². The Balaban J connectivity index is 2.15. The predicted octanol–water partition coefficient (Wildman–Crippen LogP) is 1.81. The van der Waals surface area contributed by atoms with Crippen LogP contribution < -0.4 is 10.5 Å². The summed E-state index contributed by atoms with van der Waals surface area (Å²) < 4.78 is 6.49. The summed E-state index contributed by atoms with van der Waals surface area (Å²) >= 11 is 2.15. The van der Waals surface area contributed by atoms with Crippen molar-refractivity contribution in [1.82, 2.24) is 4.98 Å². The molecule has 0 aliphatic heterocycles. The predicted molar refractivity (Wildman–Crippen MR) is 55.0 cm³/mol. The summed E-state index contributed by atoms with van der Waals surface area (Å²) in [7, 11) is 0. The Morgan fingerprint density at radius 2 is 2.33 bits per heavy atom. The van der Waals surface area contributed by atoms with Gasteiger partial charge in [0.05, 0.1) is 15.9 Å². The normalized spacial score (nSPS) is 16.1. The number of hydrogen-bond donors (Lipinski definition) is 1. The Morgan fingerprint density at radius 3 is 2.92 bits per heavy atom. The molecule has 64 valence electrons. The number of nitrogens with zero attached hydrogens (tertiary/aromatic N) is 1. The molecule has 0 radical (unpaired) electrons. The SMILES string of the molecule is Nc1ncc(OC2CC2)cc1I. The third-order valence-corrected chi connectivity index (χ3v) is 2.54. The molecule has 3 nitrogen and oxygen atoms in total. The first-order valence-corrected chi connectivity index (χ1v) is 4.91. The Kier molecular flexibility index (Phi) is 2.08. The van der Waals surface area contributed by atoms with Crippen LogP contribution in [0.3, 0.4) is 0 Å². The molecule has 0 spiro atoms. The minimum atomic E-state index is 0.422. The minimum absolute atomic E-state index is 0.422. The zero-order valence-corrected chi connectivity index (χ0v) is 8.61.